The number of halogens is 3. The Kier molecular flexibility index (Phi) is 5.17. The highest BCUT2D eigenvalue weighted by Gasteiger charge is 2.25. The molecule has 1 aliphatic rings. The molecule has 3 nitrogen and oxygen atoms in total. The molecule has 1 saturated carbocycles. The van der Waals surface area contributed by atoms with Crippen molar-refractivity contribution in [2.45, 2.75) is 42.0 Å². The summed E-state index contributed by atoms with van der Waals surface area (Å²) >= 11 is 15.1. The fourth-order valence-corrected chi connectivity index (χ4v) is 4.33. The molecule has 0 bridgehead atoms. The predicted octanol–water partition coefficient (Wildman–Crippen LogP) is 3.93. The molecule has 1 fully saturated rings. The maximum Gasteiger partial charge on any atom is 0.240 e. The van der Waals surface area contributed by atoms with Crippen LogP contribution in [-0.2, 0) is 10.0 Å². The largest absolute Gasteiger partial charge is 0.240 e. The maximum atomic E-state index is 12.2. The van der Waals surface area contributed by atoms with E-state index in [1.165, 1.54) is 12.1 Å². The van der Waals surface area contributed by atoms with Crippen LogP contribution in [0.1, 0.15) is 25.7 Å². The second-order valence-corrected chi connectivity index (χ2v) is 8.24. The molecule has 1 aliphatic carbocycles. The van der Waals surface area contributed by atoms with E-state index in [1.54, 1.807) is 6.07 Å². The van der Waals surface area contributed by atoms with Crippen molar-refractivity contribution in [3.63, 3.8) is 0 Å². The lowest BCUT2D eigenvalue weighted by molar-refractivity contribution is 0.416. The fourth-order valence-electron chi connectivity index (χ4n) is 2.10. The quantitative estimate of drug-likeness (QED) is 0.800. The summed E-state index contributed by atoms with van der Waals surface area (Å²) in [5.74, 6) is 0. The number of nitrogens with one attached hydrogen (secondary N) is 1. The Labute approximate surface area is 131 Å². The van der Waals surface area contributed by atoms with Crippen LogP contribution in [-0.4, -0.2) is 19.8 Å². The van der Waals surface area contributed by atoms with E-state index in [-0.39, 0.29) is 16.3 Å². The summed E-state index contributed by atoms with van der Waals surface area (Å²) in [7, 11) is -3.50. The second kappa shape index (κ2) is 6.31. The van der Waals surface area contributed by atoms with Gasteiger partial charge in [0, 0.05) is 15.9 Å². The molecule has 1 aromatic rings. The Morgan fingerprint density at radius 1 is 1.21 bits per heavy atom. The van der Waals surface area contributed by atoms with Crippen LogP contribution in [0, 0.1) is 0 Å². The summed E-state index contributed by atoms with van der Waals surface area (Å²) < 4.78 is 27.8. The van der Waals surface area contributed by atoms with Crippen molar-refractivity contribution in [1.82, 2.24) is 4.72 Å². The number of hydrogen-bond donors (Lipinski definition) is 1. The molecule has 0 atom stereocenters. The molecule has 1 N–H and O–H groups in total. The summed E-state index contributed by atoms with van der Waals surface area (Å²) in [4.78, 5) is 0.219. The van der Waals surface area contributed by atoms with Gasteiger partial charge < -0.3 is 0 Å². The van der Waals surface area contributed by atoms with Gasteiger partial charge in [0.1, 0.15) is 0 Å². The molecule has 0 amide bonds. The van der Waals surface area contributed by atoms with Crippen LogP contribution < -0.4 is 4.72 Å². The van der Waals surface area contributed by atoms with Crippen LogP contribution in [0.2, 0.25) is 5.02 Å². The molecule has 0 radical (unpaired) electrons. The first-order valence-corrected chi connectivity index (χ1v) is 9.09. The van der Waals surface area contributed by atoms with Crippen molar-refractivity contribution in [3.8, 4) is 0 Å². The molecule has 2 rings (SSSR count). The van der Waals surface area contributed by atoms with Gasteiger partial charge in [0.05, 0.1) is 9.92 Å². The van der Waals surface area contributed by atoms with Crippen LogP contribution in [0.5, 0.6) is 0 Å². The van der Waals surface area contributed by atoms with Crippen LogP contribution in [0.25, 0.3) is 0 Å². The zero-order valence-corrected chi connectivity index (χ0v) is 14.0. The summed E-state index contributed by atoms with van der Waals surface area (Å²) in [6, 6.07) is 4.55. The highest BCUT2D eigenvalue weighted by atomic mass is 79.9. The lowest BCUT2D eigenvalue weighted by Gasteiger charge is -2.25. The minimum atomic E-state index is -3.50. The minimum Gasteiger partial charge on any atom is -0.208 e. The zero-order valence-electron chi connectivity index (χ0n) is 10.1. The first-order valence-electron chi connectivity index (χ1n) is 6.00. The van der Waals surface area contributed by atoms with Gasteiger partial charge in [0.25, 0.3) is 0 Å². The number of hydrogen-bond acceptors (Lipinski definition) is 2. The van der Waals surface area contributed by atoms with Crippen LogP contribution in [0.4, 0.5) is 0 Å². The Bertz CT molecular complexity index is 557. The molecule has 106 valence electrons. The van der Waals surface area contributed by atoms with E-state index >= 15 is 0 Å². The van der Waals surface area contributed by atoms with Crippen molar-refractivity contribution in [3.05, 3.63) is 27.7 Å². The maximum absolute atomic E-state index is 12.2. The first-order chi connectivity index (χ1) is 8.88. The fraction of sp³-hybridized carbons (Fsp3) is 0.500. The van der Waals surface area contributed by atoms with Gasteiger partial charge in [0.2, 0.25) is 10.0 Å². The monoisotopic (exact) mass is 385 g/mol. The molecule has 0 heterocycles. The Morgan fingerprint density at radius 2 is 1.84 bits per heavy atom. The molecular formula is C12H14BrCl2NO2S. The molecule has 19 heavy (non-hydrogen) atoms. The van der Waals surface area contributed by atoms with Crippen molar-refractivity contribution in [1.29, 1.82) is 0 Å². The Hall–Kier alpha value is 0.190. The molecule has 1 aromatic carbocycles. The van der Waals surface area contributed by atoms with E-state index in [0.717, 1.165) is 25.7 Å². The summed E-state index contributed by atoms with van der Waals surface area (Å²) in [5.41, 5.74) is 0. The molecule has 7 heteroatoms. The van der Waals surface area contributed by atoms with Gasteiger partial charge in [-0.3, -0.25) is 0 Å². The first kappa shape index (κ1) is 15.6. The van der Waals surface area contributed by atoms with Gasteiger partial charge in [-0.05, 0) is 59.8 Å². The van der Waals surface area contributed by atoms with Crippen LogP contribution in [0.3, 0.4) is 0 Å². The highest BCUT2D eigenvalue weighted by Crippen LogP contribution is 2.27. The average Bonchev–Trinajstić information content (AvgIpc) is 2.35. The van der Waals surface area contributed by atoms with Crippen LogP contribution >= 0.6 is 39.1 Å². The second-order valence-electron chi connectivity index (χ2n) is 4.65. The lowest BCUT2D eigenvalue weighted by Crippen LogP contribution is -2.37. The SMILES string of the molecule is O=S(=O)(NC1CCC(Cl)CC1)c1ccc(Cl)c(Br)c1. The summed E-state index contributed by atoms with van der Waals surface area (Å²) in [6.07, 6.45) is 3.25. The van der Waals surface area contributed by atoms with E-state index in [1.807, 2.05) is 0 Å². The third-order valence-corrected chi connectivity index (χ3v) is 6.35. The highest BCUT2D eigenvalue weighted by molar-refractivity contribution is 9.10. The molecule has 0 aromatic heterocycles. The molecule has 0 aliphatic heterocycles. The van der Waals surface area contributed by atoms with Crippen molar-refractivity contribution < 1.29 is 8.42 Å². The van der Waals surface area contributed by atoms with Crippen molar-refractivity contribution in [2.24, 2.45) is 0 Å². The standard InChI is InChI=1S/C12H14BrCl2NO2S/c13-11-7-10(5-6-12(11)15)19(17,18)16-9-3-1-8(14)2-4-9/h5-9,16H,1-4H2. The van der Waals surface area contributed by atoms with Gasteiger partial charge in [-0.2, -0.15) is 0 Å². The molecule has 0 saturated heterocycles. The molecule has 0 spiro atoms. The number of benzene rings is 1. The number of alkyl halides is 1. The topological polar surface area (TPSA) is 46.2 Å². The molecular weight excluding hydrogens is 373 g/mol. The predicted molar refractivity (Wildman–Crippen MR) is 81.4 cm³/mol. The number of sulfonamides is 1. The normalized spacial score (nSPS) is 24.4. The third-order valence-electron chi connectivity index (χ3n) is 3.18. The Balaban J connectivity index is 2.11. The van der Waals surface area contributed by atoms with Gasteiger partial charge >= 0.3 is 0 Å². The lowest BCUT2D eigenvalue weighted by atomic mass is 9.96. The van der Waals surface area contributed by atoms with Gasteiger partial charge in [-0.25, -0.2) is 13.1 Å². The van der Waals surface area contributed by atoms with Crippen LogP contribution in [0.15, 0.2) is 27.6 Å². The van der Waals surface area contributed by atoms with E-state index in [9.17, 15) is 8.42 Å². The minimum absolute atomic E-state index is 0.0329. The summed E-state index contributed by atoms with van der Waals surface area (Å²) in [5, 5.41) is 0.659. The zero-order chi connectivity index (χ0) is 14.0. The average molecular weight is 387 g/mol. The number of rotatable bonds is 3. The Morgan fingerprint density at radius 3 is 2.42 bits per heavy atom. The van der Waals surface area contributed by atoms with Gasteiger partial charge in [-0.15, -0.1) is 11.6 Å². The van der Waals surface area contributed by atoms with Crippen molar-refractivity contribution >= 4 is 49.2 Å². The summed E-state index contributed by atoms with van der Waals surface area (Å²) in [6.45, 7) is 0. The van der Waals surface area contributed by atoms with E-state index in [0.29, 0.717) is 9.50 Å². The third kappa shape index (κ3) is 4.08. The van der Waals surface area contributed by atoms with E-state index in [4.69, 9.17) is 23.2 Å². The van der Waals surface area contributed by atoms with Gasteiger partial charge in [-0.1, -0.05) is 11.6 Å². The van der Waals surface area contributed by atoms with E-state index in [2.05, 4.69) is 20.7 Å². The van der Waals surface area contributed by atoms with E-state index < -0.39 is 10.0 Å². The smallest absolute Gasteiger partial charge is 0.208 e. The molecule has 0 unspecified atom stereocenters. The van der Waals surface area contributed by atoms with Crippen molar-refractivity contribution in [2.75, 3.05) is 0 Å². The van der Waals surface area contributed by atoms with Gasteiger partial charge in [0.15, 0.2) is 0 Å².